The number of para-hydroxylation sites is 1. The van der Waals surface area contributed by atoms with Gasteiger partial charge in [-0.2, -0.15) is 8.78 Å². The fourth-order valence-corrected chi connectivity index (χ4v) is 4.58. The van der Waals surface area contributed by atoms with Gasteiger partial charge in [0.15, 0.2) is 0 Å². The molecule has 32 heavy (non-hydrogen) atoms. The Hall–Kier alpha value is -2.65. The highest BCUT2D eigenvalue weighted by Crippen LogP contribution is 2.25. The predicted molar refractivity (Wildman–Crippen MR) is 123 cm³/mol. The molecule has 0 radical (unpaired) electrons. The molecule has 2 aromatic carbocycles. The fourth-order valence-electron chi connectivity index (χ4n) is 3.29. The summed E-state index contributed by atoms with van der Waals surface area (Å²) in [6.07, 6.45) is -1.74. The first-order valence-electron chi connectivity index (χ1n) is 10.7. The van der Waals surface area contributed by atoms with E-state index in [4.69, 9.17) is 4.42 Å². The van der Waals surface area contributed by atoms with Crippen molar-refractivity contribution in [3.05, 3.63) is 66.1 Å². The molecule has 0 spiro atoms. The molecule has 172 valence electrons. The lowest BCUT2D eigenvalue weighted by Crippen LogP contribution is -2.34. The first-order chi connectivity index (χ1) is 15.5. The van der Waals surface area contributed by atoms with Crippen LogP contribution in [0.4, 0.5) is 14.5 Å². The van der Waals surface area contributed by atoms with Crippen LogP contribution in [-0.2, 0) is 17.5 Å². The molecular weight excluding hydrogens is 434 g/mol. The van der Waals surface area contributed by atoms with Gasteiger partial charge in [0.25, 0.3) is 5.89 Å². The van der Waals surface area contributed by atoms with Gasteiger partial charge in [0, 0.05) is 17.8 Å². The van der Waals surface area contributed by atoms with E-state index in [0.717, 1.165) is 37.3 Å². The summed E-state index contributed by atoms with van der Waals surface area (Å²) < 4.78 is 45.5. The lowest BCUT2D eigenvalue weighted by molar-refractivity contribution is 0.116. The largest absolute Gasteiger partial charge is 0.415 e. The maximum atomic E-state index is 13.2. The van der Waals surface area contributed by atoms with Gasteiger partial charge in [0.1, 0.15) is 11.0 Å². The molecule has 6 nitrogen and oxygen atoms in total. The number of anilines is 1. The molecule has 0 saturated heterocycles. The van der Waals surface area contributed by atoms with Gasteiger partial charge in [-0.1, -0.05) is 44.2 Å². The summed E-state index contributed by atoms with van der Waals surface area (Å²) in [4.78, 5) is 2.30. The molecule has 3 aromatic rings. The fraction of sp³-hybridized carbons (Fsp3) is 0.391. The van der Waals surface area contributed by atoms with E-state index in [9.17, 15) is 13.0 Å². The number of aromatic nitrogens is 2. The number of rotatable bonds is 12. The zero-order valence-corrected chi connectivity index (χ0v) is 19.1. The van der Waals surface area contributed by atoms with Crippen LogP contribution in [0, 0.1) is 0 Å². The van der Waals surface area contributed by atoms with E-state index in [1.54, 1.807) is 12.1 Å². The van der Waals surface area contributed by atoms with Crippen molar-refractivity contribution in [2.45, 2.75) is 33.2 Å². The second kappa shape index (κ2) is 11.8. The molecule has 0 fully saturated rings. The van der Waals surface area contributed by atoms with E-state index < -0.39 is 23.3 Å². The minimum absolute atomic E-state index is 0.0472. The second-order valence-corrected chi connectivity index (χ2v) is 8.77. The van der Waals surface area contributed by atoms with Crippen LogP contribution in [0.5, 0.6) is 0 Å². The van der Waals surface area contributed by atoms with Gasteiger partial charge in [-0.05, 0) is 49.3 Å². The maximum Gasteiger partial charge on any atom is 0.314 e. The molecule has 0 N–H and O–H groups in total. The molecule has 0 saturated carbocycles. The predicted octanol–water partition coefficient (Wildman–Crippen LogP) is 5.08. The van der Waals surface area contributed by atoms with Gasteiger partial charge in [0.2, 0.25) is 5.89 Å². The topological polar surface area (TPSA) is 62.5 Å². The Balaban J connectivity index is 1.73. The molecule has 0 aliphatic rings. The molecule has 1 aromatic heterocycles. The molecule has 1 atom stereocenters. The lowest BCUT2D eigenvalue weighted by atomic mass is 10.1. The third-order valence-corrected chi connectivity index (χ3v) is 6.38. The van der Waals surface area contributed by atoms with Gasteiger partial charge >= 0.3 is 6.43 Å². The van der Waals surface area contributed by atoms with Crippen molar-refractivity contribution in [3.8, 4) is 11.5 Å². The van der Waals surface area contributed by atoms with Crippen molar-refractivity contribution in [2.75, 3.05) is 29.7 Å². The number of nitrogens with zero attached hydrogens (tertiary/aromatic N) is 4. The second-order valence-electron chi connectivity index (χ2n) is 7.28. The van der Waals surface area contributed by atoms with E-state index in [1.807, 2.05) is 46.8 Å². The molecule has 0 bridgehead atoms. The van der Waals surface area contributed by atoms with Crippen molar-refractivity contribution >= 4 is 16.7 Å². The number of benzene rings is 2. The van der Waals surface area contributed by atoms with Gasteiger partial charge in [-0.25, -0.2) is 4.21 Å². The summed E-state index contributed by atoms with van der Waals surface area (Å²) >= 11 is 0. The number of hydrogen-bond acceptors (Lipinski definition) is 5. The van der Waals surface area contributed by atoms with E-state index >= 15 is 0 Å². The highest BCUT2D eigenvalue weighted by Gasteiger charge is 2.18. The normalized spacial score (nSPS) is 12.4. The van der Waals surface area contributed by atoms with E-state index in [2.05, 4.69) is 28.9 Å². The summed E-state index contributed by atoms with van der Waals surface area (Å²) in [5, 5.41) is 7.04. The molecule has 0 amide bonds. The summed E-state index contributed by atoms with van der Waals surface area (Å²) in [7, 11) is -1.21. The SMILES string of the molecule is CCCN(CC)CCS(=O)N(Cc1ccc(-c2nnc(C(F)F)o2)cc1)c1ccccc1. The number of alkyl halides is 2. The molecular formula is C23H28F2N4O2S. The van der Waals surface area contributed by atoms with Crippen molar-refractivity contribution in [3.63, 3.8) is 0 Å². The van der Waals surface area contributed by atoms with Crippen LogP contribution in [0.1, 0.15) is 38.1 Å². The smallest absolute Gasteiger partial charge is 0.314 e. The van der Waals surface area contributed by atoms with Crippen molar-refractivity contribution in [1.29, 1.82) is 0 Å². The van der Waals surface area contributed by atoms with Gasteiger partial charge in [-0.3, -0.25) is 4.31 Å². The molecule has 0 aliphatic heterocycles. The third kappa shape index (κ3) is 6.43. The molecule has 0 aliphatic carbocycles. The average molecular weight is 463 g/mol. The summed E-state index contributed by atoms with van der Waals surface area (Å²) in [6, 6.07) is 16.9. The van der Waals surface area contributed by atoms with Gasteiger partial charge in [-0.15, -0.1) is 10.2 Å². The minimum atomic E-state index is -2.80. The van der Waals surface area contributed by atoms with Crippen LogP contribution in [-0.4, -0.2) is 44.7 Å². The zero-order chi connectivity index (χ0) is 22.9. The lowest BCUT2D eigenvalue weighted by Gasteiger charge is -2.26. The summed E-state index contributed by atoms with van der Waals surface area (Å²) in [6.45, 7) is 7.39. The third-order valence-electron chi connectivity index (χ3n) is 5.01. The Bertz CT molecular complexity index is 983. The van der Waals surface area contributed by atoms with Crippen molar-refractivity contribution in [1.82, 2.24) is 15.1 Å². The van der Waals surface area contributed by atoms with Crippen LogP contribution < -0.4 is 4.31 Å². The monoisotopic (exact) mass is 462 g/mol. The van der Waals surface area contributed by atoms with Crippen LogP contribution in [0.15, 0.2) is 59.0 Å². The first-order valence-corrected chi connectivity index (χ1v) is 11.9. The maximum absolute atomic E-state index is 13.2. The summed E-state index contributed by atoms with van der Waals surface area (Å²) in [5.41, 5.74) is 2.37. The van der Waals surface area contributed by atoms with Crippen LogP contribution in [0.25, 0.3) is 11.5 Å². The van der Waals surface area contributed by atoms with Gasteiger partial charge < -0.3 is 9.32 Å². The van der Waals surface area contributed by atoms with E-state index in [1.165, 1.54) is 0 Å². The van der Waals surface area contributed by atoms with E-state index in [-0.39, 0.29) is 5.89 Å². The Labute approximate surface area is 189 Å². The quantitative estimate of drug-likeness (QED) is 0.376. The molecule has 1 heterocycles. The van der Waals surface area contributed by atoms with Crippen LogP contribution in [0.2, 0.25) is 0 Å². The zero-order valence-electron chi connectivity index (χ0n) is 18.3. The van der Waals surface area contributed by atoms with Crippen LogP contribution in [0.3, 0.4) is 0 Å². The van der Waals surface area contributed by atoms with Crippen molar-refractivity contribution < 1.29 is 17.4 Å². The highest BCUT2D eigenvalue weighted by molar-refractivity contribution is 7.86. The average Bonchev–Trinajstić information content (AvgIpc) is 3.32. The first kappa shape index (κ1) is 24.0. The van der Waals surface area contributed by atoms with Crippen LogP contribution >= 0.6 is 0 Å². The highest BCUT2D eigenvalue weighted by atomic mass is 32.2. The van der Waals surface area contributed by atoms with E-state index in [0.29, 0.717) is 17.9 Å². The molecule has 9 heteroatoms. The molecule has 1 unspecified atom stereocenters. The molecule has 3 rings (SSSR count). The summed E-state index contributed by atoms with van der Waals surface area (Å²) in [5.74, 6) is -0.107. The Morgan fingerprint density at radius 1 is 1.00 bits per heavy atom. The minimum Gasteiger partial charge on any atom is -0.415 e. The number of hydrogen-bond donors (Lipinski definition) is 0. The standard InChI is InChI=1S/C23H28F2N4O2S/c1-3-14-28(4-2)15-16-32(30)29(20-8-6-5-7-9-20)17-18-10-12-19(13-11-18)22-26-27-23(31-22)21(24)25/h5-13,21H,3-4,14-17H2,1-2H3. The Morgan fingerprint density at radius 3 is 2.31 bits per heavy atom. The Morgan fingerprint density at radius 2 is 1.72 bits per heavy atom. The van der Waals surface area contributed by atoms with Crippen molar-refractivity contribution in [2.24, 2.45) is 0 Å². The Kier molecular flexibility index (Phi) is 8.87. The number of halogens is 2. The van der Waals surface area contributed by atoms with Gasteiger partial charge in [0.05, 0.1) is 12.3 Å².